The van der Waals surface area contributed by atoms with E-state index in [4.69, 9.17) is 5.73 Å². The van der Waals surface area contributed by atoms with Crippen molar-refractivity contribution in [1.82, 2.24) is 9.78 Å². The van der Waals surface area contributed by atoms with Crippen LogP contribution in [0.3, 0.4) is 0 Å². The molecular formula is C23H19F3N4O. The first-order valence-electron chi connectivity index (χ1n) is 9.51. The average Bonchev–Trinajstić information content (AvgIpc) is 3.04. The lowest BCUT2D eigenvalue weighted by Crippen LogP contribution is -2.13. The molecule has 0 aliphatic rings. The van der Waals surface area contributed by atoms with E-state index in [1.807, 2.05) is 0 Å². The molecule has 3 N–H and O–H groups in total. The number of hydrogen-bond acceptors (Lipinski definition) is 3. The molecule has 3 aromatic carbocycles. The van der Waals surface area contributed by atoms with E-state index in [-0.39, 0.29) is 5.91 Å². The van der Waals surface area contributed by atoms with Crippen molar-refractivity contribution in [2.45, 2.75) is 19.6 Å². The average molecular weight is 424 g/mol. The van der Waals surface area contributed by atoms with Crippen LogP contribution in [0.15, 0.2) is 66.7 Å². The zero-order valence-corrected chi connectivity index (χ0v) is 16.6. The summed E-state index contributed by atoms with van der Waals surface area (Å²) < 4.78 is 40.6. The summed E-state index contributed by atoms with van der Waals surface area (Å²) in [6.07, 6.45) is -4.40. The van der Waals surface area contributed by atoms with Gasteiger partial charge >= 0.3 is 6.18 Å². The fourth-order valence-corrected chi connectivity index (χ4v) is 3.38. The van der Waals surface area contributed by atoms with E-state index in [2.05, 4.69) is 10.4 Å². The molecule has 5 nitrogen and oxygen atoms in total. The number of aromatic nitrogens is 2. The molecule has 0 aliphatic carbocycles. The Morgan fingerprint density at radius 3 is 2.45 bits per heavy atom. The second kappa shape index (κ2) is 7.79. The van der Waals surface area contributed by atoms with Crippen molar-refractivity contribution in [3.05, 3.63) is 89.1 Å². The van der Waals surface area contributed by atoms with E-state index in [9.17, 15) is 18.0 Å². The van der Waals surface area contributed by atoms with Gasteiger partial charge < -0.3 is 11.1 Å². The van der Waals surface area contributed by atoms with Crippen molar-refractivity contribution in [2.24, 2.45) is 0 Å². The van der Waals surface area contributed by atoms with Crippen molar-refractivity contribution in [1.29, 1.82) is 0 Å². The molecule has 0 aliphatic heterocycles. The second-order valence-corrected chi connectivity index (χ2v) is 7.21. The third-order valence-corrected chi connectivity index (χ3v) is 5.02. The number of nitrogens with two attached hydrogens (primary N) is 1. The fourth-order valence-electron chi connectivity index (χ4n) is 3.38. The van der Waals surface area contributed by atoms with Gasteiger partial charge in [-0.2, -0.15) is 18.3 Å². The summed E-state index contributed by atoms with van der Waals surface area (Å²) in [5.41, 5.74) is 8.63. The standard InChI is InChI=1S/C23H19F3N4O/c1-14-18-12-17(23(24,25)26)10-11-21(18)30(29-14)13-15-6-8-16(9-7-15)22(31)28-20-5-3-2-4-19(20)27/h2-12H,13,27H2,1H3,(H,28,31). The molecule has 1 aromatic heterocycles. The molecule has 158 valence electrons. The van der Waals surface area contributed by atoms with Gasteiger partial charge in [0, 0.05) is 10.9 Å². The highest BCUT2D eigenvalue weighted by atomic mass is 19.4. The van der Waals surface area contributed by atoms with Crippen LogP contribution in [0.2, 0.25) is 0 Å². The number of hydrogen-bond donors (Lipinski definition) is 2. The second-order valence-electron chi connectivity index (χ2n) is 7.21. The van der Waals surface area contributed by atoms with Crippen molar-refractivity contribution in [3.63, 3.8) is 0 Å². The molecular weight excluding hydrogens is 405 g/mol. The van der Waals surface area contributed by atoms with Crippen molar-refractivity contribution >= 4 is 28.2 Å². The molecule has 0 saturated carbocycles. The van der Waals surface area contributed by atoms with Gasteiger partial charge in [0.2, 0.25) is 0 Å². The highest BCUT2D eigenvalue weighted by Gasteiger charge is 2.31. The Balaban J connectivity index is 1.53. The number of aryl methyl sites for hydroxylation is 1. The number of amides is 1. The lowest BCUT2D eigenvalue weighted by molar-refractivity contribution is -0.137. The highest BCUT2D eigenvalue weighted by molar-refractivity contribution is 6.05. The maximum Gasteiger partial charge on any atom is 0.416 e. The summed E-state index contributed by atoms with van der Waals surface area (Å²) in [7, 11) is 0. The first kappa shape index (κ1) is 20.5. The van der Waals surface area contributed by atoms with Crippen LogP contribution >= 0.6 is 0 Å². The lowest BCUT2D eigenvalue weighted by Gasteiger charge is -2.09. The minimum absolute atomic E-state index is 0.287. The maximum absolute atomic E-state index is 13.0. The highest BCUT2D eigenvalue weighted by Crippen LogP contribution is 2.32. The number of carbonyl (C=O) groups is 1. The van der Waals surface area contributed by atoms with Crippen molar-refractivity contribution in [3.8, 4) is 0 Å². The zero-order chi connectivity index (χ0) is 22.2. The van der Waals surface area contributed by atoms with Gasteiger partial charge in [-0.1, -0.05) is 24.3 Å². The minimum Gasteiger partial charge on any atom is -0.397 e. The van der Waals surface area contributed by atoms with E-state index in [0.29, 0.717) is 40.1 Å². The molecule has 0 fully saturated rings. The lowest BCUT2D eigenvalue weighted by atomic mass is 10.1. The molecule has 1 heterocycles. The molecule has 1 amide bonds. The van der Waals surface area contributed by atoms with E-state index in [0.717, 1.165) is 17.7 Å². The number of nitrogens with zero attached hydrogens (tertiary/aromatic N) is 2. The molecule has 4 rings (SSSR count). The first-order chi connectivity index (χ1) is 14.7. The van der Waals surface area contributed by atoms with Crippen molar-refractivity contribution < 1.29 is 18.0 Å². The van der Waals surface area contributed by atoms with Crippen LogP contribution < -0.4 is 11.1 Å². The monoisotopic (exact) mass is 424 g/mol. The van der Waals surface area contributed by atoms with Gasteiger partial charge in [-0.05, 0) is 55.0 Å². The Labute approximate surface area is 176 Å². The van der Waals surface area contributed by atoms with E-state index < -0.39 is 11.7 Å². The fraction of sp³-hybridized carbons (Fsp3) is 0.130. The third-order valence-electron chi connectivity index (χ3n) is 5.02. The number of halogens is 3. The Morgan fingerprint density at radius 2 is 1.77 bits per heavy atom. The predicted octanol–water partition coefficient (Wildman–Crippen LogP) is 5.25. The number of fused-ring (bicyclic) bond motifs is 1. The summed E-state index contributed by atoms with van der Waals surface area (Å²) in [5.74, 6) is -0.287. The molecule has 0 radical (unpaired) electrons. The molecule has 0 spiro atoms. The van der Waals surface area contributed by atoms with Crippen molar-refractivity contribution in [2.75, 3.05) is 11.1 Å². The predicted molar refractivity (Wildman–Crippen MR) is 114 cm³/mol. The van der Waals surface area contributed by atoms with Gasteiger partial charge in [0.1, 0.15) is 0 Å². The van der Waals surface area contributed by atoms with E-state index in [1.165, 1.54) is 6.07 Å². The Hall–Kier alpha value is -3.81. The number of nitrogen functional groups attached to an aromatic ring is 1. The van der Waals surface area contributed by atoms with E-state index >= 15 is 0 Å². The number of nitrogens with one attached hydrogen (secondary N) is 1. The quantitative estimate of drug-likeness (QED) is 0.440. The summed E-state index contributed by atoms with van der Waals surface area (Å²) in [6.45, 7) is 2.05. The smallest absolute Gasteiger partial charge is 0.397 e. The van der Waals surface area contributed by atoms with Crippen LogP contribution in [-0.2, 0) is 12.7 Å². The number of carbonyl (C=O) groups excluding carboxylic acids is 1. The number of rotatable bonds is 4. The number of benzene rings is 3. The van der Waals surface area contributed by atoms with Gasteiger partial charge in [-0.3, -0.25) is 9.48 Å². The zero-order valence-electron chi connectivity index (χ0n) is 16.6. The van der Waals surface area contributed by atoms with Gasteiger partial charge in [-0.15, -0.1) is 0 Å². The minimum atomic E-state index is -4.40. The molecule has 31 heavy (non-hydrogen) atoms. The van der Waals surface area contributed by atoms with Gasteiger partial charge in [0.05, 0.1) is 34.7 Å². The SMILES string of the molecule is Cc1nn(Cc2ccc(C(=O)Nc3ccccc3N)cc2)c2ccc(C(F)(F)F)cc12. The number of para-hydroxylation sites is 2. The largest absolute Gasteiger partial charge is 0.416 e. The third kappa shape index (κ3) is 4.23. The van der Waals surface area contributed by atoms with Crippen LogP contribution in [0, 0.1) is 6.92 Å². The molecule has 0 atom stereocenters. The summed E-state index contributed by atoms with van der Waals surface area (Å²) >= 11 is 0. The van der Waals surface area contributed by atoms with Gasteiger partial charge in [0.15, 0.2) is 0 Å². The molecule has 0 unspecified atom stereocenters. The molecule has 0 saturated heterocycles. The topological polar surface area (TPSA) is 72.9 Å². The normalized spacial score (nSPS) is 11.6. The summed E-state index contributed by atoms with van der Waals surface area (Å²) in [4.78, 5) is 12.5. The Kier molecular flexibility index (Phi) is 5.14. The first-order valence-corrected chi connectivity index (χ1v) is 9.51. The summed E-state index contributed by atoms with van der Waals surface area (Å²) in [6, 6.07) is 17.5. The Bertz CT molecular complexity index is 1260. The van der Waals surface area contributed by atoms with Crippen LogP contribution in [0.5, 0.6) is 0 Å². The number of alkyl halides is 3. The van der Waals surface area contributed by atoms with Crippen LogP contribution in [0.4, 0.5) is 24.5 Å². The Morgan fingerprint density at radius 1 is 1.06 bits per heavy atom. The van der Waals surface area contributed by atoms with Gasteiger partial charge in [0.25, 0.3) is 5.91 Å². The van der Waals surface area contributed by atoms with E-state index in [1.54, 1.807) is 60.1 Å². The van der Waals surface area contributed by atoms with Gasteiger partial charge in [-0.25, -0.2) is 0 Å². The van der Waals surface area contributed by atoms with Crippen LogP contribution in [0.25, 0.3) is 10.9 Å². The van der Waals surface area contributed by atoms with Crippen LogP contribution in [-0.4, -0.2) is 15.7 Å². The maximum atomic E-state index is 13.0. The molecule has 8 heteroatoms. The number of anilines is 2. The van der Waals surface area contributed by atoms with Crippen LogP contribution in [0.1, 0.15) is 27.2 Å². The molecule has 0 bridgehead atoms. The molecule has 4 aromatic rings. The summed E-state index contributed by atoms with van der Waals surface area (Å²) in [5, 5.41) is 7.62.